The number of furan rings is 1. The first-order valence-electron chi connectivity index (χ1n) is 10.1. The summed E-state index contributed by atoms with van der Waals surface area (Å²) >= 11 is 0. The van der Waals surface area contributed by atoms with Gasteiger partial charge in [-0.3, -0.25) is 0 Å². The van der Waals surface area contributed by atoms with Gasteiger partial charge in [0.1, 0.15) is 11.2 Å². The Morgan fingerprint density at radius 2 is 1.30 bits per heavy atom. The zero-order valence-electron chi connectivity index (χ0n) is 16.3. The maximum absolute atomic E-state index is 6.05. The van der Waals surface area contributed by atoms with Gasteiger partial charge in [-0.2, -0.15) is 0 Å². The zero-order valence-corrected chi connectivity index (χ0v) is 16.3. The Balaban J connectivity index is 1.42. The van der Waals surface area contributed by atoms with Crippen LogP contribution in [-0.4, -0.2) is 0 Å². The topological polar surface area (TPSA) is 25.2 Å². The molecule has 6 rings (SSSR count). The predicted octanol–water partition coefficient (Wildman–Crippen LogP) is 8.15. The molecule has 0 saturated heterocycles. The second kappa shape index (κ2) is 6.78. The van der Waals surface area contributed by atoms with Gasteiger partial charge in [0.2, 0.25) is 0 Å². The van der Waals surface area contributed by atoms with Crippen molar-refractivity contribution in [2.45, 2.75) is 0 Å². The van der Waals surface area contributed by atoms with Crippen molar-refractivity contribution in [1.29, 1.82) is 0 Å². The summed E-state index contributed by atoms with van der Waals surface area (Å²) in [5.74, 6) is 0. The van der Waals surface area contributed by atoms with Crippen molar-refractivity contribution in [1.82, 2.24) is 0 Å². The van der Waals surface area contributed by atoms with Gasteiger partial charge in [0.05, 0.1) is 0 Å². The number of hydrogen-bond donors (Lipinski definition) is 1. The lowest BCUT2D eigenvalue weighted by Gasteiger charge is -2.13. The van der Waals surface area contributed by atoms with Crippen molar-refractivity contribution in [3.05, 3.63) is 109 Å². The van der Waals surface area contributed by atoms with E-state index in [-0.39, 0.29) is 0 Å². The average Bonchev–Trinajstić information content (AvgIpc) is 3.17. The molecule has 142 valence electrons. The number of fused-ring (bicyclic) bond motifs is 4. The fourth-order valence-electron chi connectivity index (χ4n) is 4.16. The summed E-state index contributed by atoms with van der Waals surface area (Å²) < 4.78 is 6.05. The maximum atomic E-state index is 6.05. The molecule has 0 aliphatic carbocycles. The molecule has 0 atom stereocenters. The number of para-hydroxylation sites is 2. The fourth-order valence-corrected chi connectivity index (χ4v) is 4.16. The highest BCUT2D eigenvalue weighted by molar-refractivity contribution is 6.05. The van der Waals surface area contributed by atoms with Crippen LogP contribution in [0.25, 0.3) is 43.8 Å². The summed E-state index contributed by atoms with van der Waals surface area (Å²) in [5, 5.41) is 8.38. The van der Waals surface area contributed by atoms with E-state index in [0.29, 0.717) is 0 Å². The maximum Gasteiger partial charge on any atom is 0.137 e. The standard InChI is InChI=1S/C28H19NO/c1-2-8-20-17-21(14-13-19(20)7-1)23-9-3-5-11-26(23)29-22-15-16-25-24-10-4-6-12-27(24)30-28(25)18-22/h1-18,29H. The molecule has 0 aliphatic heterocycles. The van der Waals surface area contributed by atoms with Gasteiger partial charge in [-0.05, 0) is 46.7 Å². The molecule has 0 aliphatic rings. The monoisotopic (exact) mass is 385 g/mol. The van der Waals surface area contributed by atoms with Crippen molar-refractivity contribution in [3.63, 3.8) is 0 Å². The van der Waals surface area contributed by atoms with Crippen LogP contribution in [-0.2, 0) is 0 Å². The quantitative estimate of drug-likeness (QED) is 0.332. The molecule has 0 unspecified atom stereocenters. The molecule has 0 radical (unpaired) electrons. The van der Waals surface area contributed by atoms with E-state index in [0.717, 1.165) is 33.3 Å². The molecule has 6 aromatic rings. The predicted molar refractivity (Wildman–Crippen MR) is 126 cm³/mol. The first-order chi connectivity index (χ1) is 14.8. The highest BCUT2D eigenvalue weighted by atomic mass is 16.3. The molecule has 0 bridgehead atoms. The van der Waals surface area contributed by atoms with Gasteiger partial charge in [-0.1, -0.05) is 72.8 Å². The summed E-state index contributed by atoms with van der Waals surface area (Å²) in [6, 6.07) is 38.0. The summed E-state index contributed by atoms with van der Waals surface area (Å²) in [4.78, 5) is 0. The Morgan fingerprint density at radius 1 is 0.533 bits per heavy atom. The van der Waals surface area contributed by atoms with Crippen molar-refractivity contribution in [2.75, 3.05) is 5.32 Å². The molecular formula is C28H19NO. The first-order valence-corrected chi connectivity index (χ1v) is 10.1. The van der Waals surface area contributed by atoms with E-state index < -0.39 is 0 Å². The SMILES string of the molecule is c1ccc(-c2ccc3ccccc3c2)c(Nc2ccc3c(c2)oc2ccccc23)c1. The third kappa shape index (κ3) is 2.82. The second-order valence-corrected chi connectivity index (χ2v) is 7.54. The largest absolute Gasteiger partial charge is 0.456 e. The number of nitrogens with one attached hydrogen (secondary N) is 1. The average molecular weight is 385 g/mol. The summed E-state index contributed by atoms with van der Waals surface area (Å²) in [5.41, 5.74) is 6.26. The smallest absolute Gasteiger partial charge is 0.137 e. The minimum atomic E-state index is 0.893. The molecule has 30 heavy (non-hydrogen) atoms. The number of rotatable bonds is 3. The Hall–Kier alpha value is -4.04. The van der Waals surface area contributed by atoms with Crippen molar-refractivity contribution in [2.24, 2.45) is 0 Å². The zero-order chi connectivity index (χ0) is 19.9. The van der Waals surface area contributed by atoms with Gasteiger partial charge in [0.15, 0.2) is 0 Å². The molecule has 0 saturated carbocycles. The first kappa shape index (κ1) is 16.9. The van der Waals surface area contributed by atoms with Crippen LogP contribution in [0.15, 0.2) is 114 Å². The molecule has 2 nitrogen and oxygen atoms in total. The van der Waals surface area contributed by atoms with Crippen molar-refractivity contribution < 1.29 is 4.42 Å². The van der Waals surface area contributed by atoms with Crippen LogP contribution < -0.4 is 5.32 Å². The molecule has 1 N–H and O–H groups in total. The molecule has 1 heterocycles. The lowest BCUT2D eigenvalue weighted by atomic mass is 9.99. The minimum Gasteiger partial charge on any atom is -0.456 e. The molecule has 0 amide bonds. The Labute approximate surface area is 174 Å². The van der Waals surface area contributed by atoms with Crippen LogP contribution in [0.4, 0.5) is 11.4 Å². The number of anilines is 2. The molecule has 0 fully saturated rings. The third-order valence-corrected chi connectivity index (χ3v) is 5.65. The van der Waals surface area contributed by atoms with Crippen LogP contribution in [0.5, 0.6) is 0 Å². The van der Waals surface area contributed by atoms with Gasteiger partial charge in [0, 0.05) is 33.8 Å². The highest BCUT2D eigenvalue weighted by Gasteiger charge is 2.09. The highest BCUT2D eigenvalue weighted by Crippen LogP contribution is 2.34. The van der Waals surface area contributed by atoms with Gasteiger partial charge in [-0.25, -0.2) is 0 Å². The molecule has 5 aromatic carbocycles. The van der Waals surface area contributed by atoms with Crippen molar-refractivity contribution >= 4 is 44.1 Å². The third-order valence-electron chi connectivity index (χ3n) is 5.65. The van der Waals surface area contributed by atoms with E-state index in [9.17, 15) is 0 Å². The van der Waals surface area contributed by atoms with Crippen LogP contribution in [0.1, 0.15) is 0 Å². The van der Waals surface area contributed by atoms with Crippen LogP contribution >= 0.6 is 0 Å². The fraction of sp³-hybridized carbons (Fsp3) is 0. The van der Waals surface area contributed by atoms with Gasteiger partial charge >= 0.3 is 0 Å². The summed E-state index contributed by atoms with van der Waals surface area (Å²) in [7, 11) is 0. The molecular weight excluding hydrogens is 366 g/mol. The molecule has 0 spiro atoms. The van der Waals surface area contributed by atoms with Crippen molar-refractivity contribution in [3.8, 4) is 11.1 Å². The lowest BCUT2D eigenvalue weighted by Crippen LogP contribution is -1.93. The Morgan fingerprint density at radius 3 is 2.27 bits per heavy atom. The second-order valence-electron chi connectivity index (χ2n) is 7.54. The van der Waals surface area contributed by atoms with E-state index in [2.05, 4.69) is 96.3 Å². The lowest BCUT2D eigenvalue weighted by molar-refractivity contribution is 0.669. The number of hydrogen-bond acceptors (Lipinski definition) is 2. The normalized spacial score (nSPS) is 11.3. The number of benzene rings is 5. The van der Waals surface area contributed by atoms with E-state index in [1.54, 1.807) is 0 Å². The van der Waals surface area contributed by atoms with E-state index in [1.807, 2.05) is 18.2 Å². The van der Waals surface area contributed by atoms with Gasteiger partial charge in [-0.15, -0.1) is 0 Å². The Kier molecular flexibility index (Phi) is 3.82. The Bertz CT molecular complexity index is 1530. The van der Waals surface area contributed by atoms with E-state index >= 15 is 0 Å². The minimum absolute atomic E-state index is 0.893. The van der Waals surface area contributed by atoms with E-state index in [1.165, 1.54) is 21.9 Å². The van der Waals surface area contributed by atoms with Gasteiger partial charge in [0.25, 0.3) is 0 Å². The van der Waals surface area contributed by atoms with Crippen LogP contribution in [0.2, 0.25) is 0 Å². The van der Waals surface area contributed by atoms with Crippen LogP contribution in [0.3, 0.4) is 0 Å². The molecule has 2 heteroatoms. The van der Waals surface area contributed by atoms with Crippen LogP contribution in [0, 0.1) is 0 Å². The molecule has 1 aromatic heterocycles. The summed E-state index contributed by atoms with van der Waals surface area (Å²) in [6.07, 6.45) is 0. The van der Waals surface area contributed by atoms with Gasteiger partial charge < -0.3 is 9.73 Å². The van der Waals surface area contributed by atoms with E-state index in [4.69, 9.17) is 4.42 Å². The summed E-state index contributed by atoms with van der Waals surface area (Å²) in [6.45, 7) is 0.